The van der Waals surface area contributed by atoms with Crippen molar-refractivity contribution in [3.05, 3.63) is 38.9 Å². The Bertz CT molecular complexity index is 518. The molecule has 18 heavy (non-hydrogen) atoms. The number of ether oxygens (including phenoxy) is 1. The van der Waals surface area contributed by atoms with Crippen LogP contribution in [-0.4, -0.2) is 23.5 Å². The van der Waals surface area contributed by atoms with Crippen molar-refractivity contribution in [3.8, 4) is 5.75 Å². The molecule has 2 N–H and O–H groups in total. The number of nitro groups is 1. The predicted molar refractivity (Wildman–Crippen MR) is 59.8 cm³/mol. The molecular formula is C11H11FN2O4. The molecule has 96 valence electrons. The minimum atomic E-state index is -0.939. The smallest absolute Gasteiger partial charge is 0.250 e. The molecule has 1 aliphatic rings. The third-order valence-electron chi connectivity index (χ3n) is 2.91. The quantitative estimate of drug-likeness (QED) is 0.638. The third-order valence-corrected chi connectivity index (χ3v) is 2.91. The largest absolute Gasteiger partial charge is 0.486 e. The van der Waals surface area contributed by atoms with Gasteiger partial charge >= 0.3 is 0 Å². The topological polar surface area (TPSA) is 95.5 Å². The summed E-state index contributed by atoms with van der Waals surface area (Å²) in [6, 6.07) is 1.85. The zero-order valence-corrected chi connectivity index (χ0v) is 9.39. The molecule has 1 atom stereocenters. The van der Waals surface area contributed by atoms with Crippen LogP contribution in [-0.2, 0) is 13.1 Å². The number of carbonyl (C=O) groups excluding carboxylic acids is 1. The number of primary amides is 1. The highest BCUT2D eigenvalue weighted by atomic mass is 19.1. The van der Waals surface area contributed by atoms with Gasteiger partial charge in [0.25, 0.3) is 6.04 Å². The number of hydrogen-bond acceptors (Lipinski definition) is 4. The average Bonchev–Trinajstić information content (AvgIpc) is 2.36. The van der Waals surface area contributed by atoms with Gasteiger partial charge in [0.1, 0.15) is 12.4 Å². The van der Waals surface area contributed by atoms with E-state index in [0.717, 1.165) is 0 Å². The second-order valence-electron chi connectivity index (χ2n) is 4.03. The first-order valence-electron chi connectivity index (χ1n) is 5.31. The van der Waals surface area contributed by atoms with Gasteiger partial charge < -0.3 is 10.5 Å². The Morgan fingerprint density at radius 2 is 2.33 bits per heavy atom. The second-order valence-corrected chi connectivity index (χ2v) is 4.03. The first-order chi connectivity index (χ1) is 8.54. The predicted octanol–water partition coefficient (Wildman–Crippen LogP) is 0.835. The summed E-state index contributed by atoms with van der Waals surface area (Å²) in [6.07, 6.45) is 0.0223. The first-order valence-corrected chi connectivity index (χ1v) is 5.31. The molecule has 1 unspecified atom stereocenters. The van der Waals surface area contributed by atoms with Crippen LogP contribution >= 0.6 is 0 Å². The van der Waals surface area contributed by atoms with E-state index >= 15 is 0 Å². The fourth-order valence-electron chi connectivity index (χ4n) is 2.00. The van der Waals surface area contributed by atoms with Crippen LogP contribution in [0.4, 0.5) is 4.39 Å². The Morgan fingerprint density at radius 3 is 2.89 bits per heavy atom. The summed E-state index contributed by atoms with van der Waals surface area (Å²) in [5.41, 5.74) is 5.94. The van der Waals surface area contributed by atoms with Crippen molar-refractivity contribution in [2.24, 2.45) is 5.73 Å². The zero-order valence-electron chi connectivity index (χ0n) is 9.39. The van der Waals surface area contributed by atoms with Crippen molar-refractivity contribution in [1.29, 1.82) is 0 Å². The molecule has 1 aliphatic heterocycles. The van der Waals surface area contributed by atoms with E-state index in [9.17, 15) is 19.3 Å². The summed E-state index contributed by atoms with van der Waals surface area (Å²) >= 11 is 0. The summed E-state index contributed by atoms with van der Waals surface area (Å²) in [5, 5.41) is 10.7. The van der Waals surface area contributed by atoms with Crippen molar-refractivity contribution < 1.29 is 18.8 Å². The Morgan fingerprint density at radius 1 is 1.61 bits per heavy atom. The van der Waals surface area contributed by atoms with Crippen LogP contribution in [0.1, 0.15) is 21.5 Å². The molecule has 0 bridgehead atoms. The first kappa shape index (κ1) is 12.3. The van der Waals surface area contributed by atoms with Crippen molar-refractivity contribution >= 4 is 5.91 Å². The zero-order chi connectivity index (χ0) is 13.3. The number of alkyl halides is 1. The molecule has 0 saturated carbocycles. The highest BCUT2D eigenvalue weighted by Gasteiger charge is 2.32. The Labute approximate surface area is 102 Å². The monoisotopic (exact) mass is 254 g/mol. The molecule has 2 rings (SSSR count). The Balaban J connectivity index is 2.51. The Kier molecular flexibility index (Phi) is 3.14. The lowest BCUT2D eigenvalue weighted by molar-refractivity contribution is -0.525. The molecule has 1 aromatic rings. The van der Waals surface area contributed by atoms with Gasteiger partial charge in [-0.25, -0.2) is 4.39 Å². The standard InChI is InChI=1S/C11H11FN2O4/c12-4-6-1-2-8(11(13)15)9-3-7(14(16)17)5-18-10(6)9/h1-2,7H,3-5H2,(H2,13,15). The number of rotatable bonds is 3. The van der Waals surface area contributed by atoms with Gasteiger partial charge in [-0.15, -0.1) is 0 Å². The third kappa shape index (κ3) is 1.99. The summed E-state index contributed by atoms with van der Waals surface area (Å²) in [6.45, 7) is -0.889. The van der Waals surface area contributed by atoms with Gasteiger partial charge in [0, 0.05) is 28.0 Å². The molecule has 0 radical (unpaired) electrons. The van der Waals surface area contributed by atoms with Gasteiger partial charge in [0.15, 0.2) is 6.61 Å². The fraction of sp³-hybridized carbons (Fsp3) is 0.364. The van der Waals surface area contributed by atoms with E-state index < -0.39 is 23.5 Å². The molecule has 7 heteroatoms. The summed E-state index contributed by atoms with van der Waals surface area (Å²) < 4.78 is 18.0. The molecule has 0 aromatic heterocycles. The summed E-state index contributed by atoms with van der Waals surface area (Å²) in [4.78, 5) is 21.5. The Hall–Kier alpha value is -2.18. The highest BCUT2D eigenvalue weighted by molar-refractivity contribution is 5.95. The molecule has 6 nitrogen and oxygen atoms in total. The SMILES string of the molecule is NC(=O)c1ccc(CF)c2c1CC([N+](=O)[O-])CO2. The number of amides is 1. The number of halogens is 1. The van der Waals surface area contributed by atoms with Gasteiger partial charge in [0.05, 0.1) is 0 Å². The van der Waals surface area contributed by atoms with E-state index in [1.807, 2.05) is 0 Å². The van der Waals surface area contributed by atoms with Crippen LogP contribution < -0.4 is 10.5 Å². The normalized spacial score (nSPS) is 17.7. The number of hydrogen-bond donors (Lipinski definition) is 1. The molecule has 1 aromatic carbocycles. The molecule has 1 amide bonds. The van der Waals surface area contributed by atoms with E-state index in [4.69, 9.17) is 10.5 Å². The lowest BCUT2D eigenvalue weighted by Gasteiger charge is -2.23. The van der Waals surface area contributed by atoms with Crippen LogP contribution in [0.25, 0.3) is 0 Å². The van der Waals surface area contributed by atoms with Crippen molar-refractivity contribution in [2.75, 3.05) is 6.61 Å². The average molecular weight is 254 g/mol. The van der Waals surface area contributed by atoms with Crippen LogP contribution in [0, 0.1) is 10.1 Å². The van der Waals surface area contributed by atoms with E-state index in [0.29, 0.717) is 5.56 Å². The van der Waals surface area contributed by atoms with Gasteiger partial charge in [-0.05, 0) is 6.07 Å². The number of carbonyl (C=O) groups is 1. The number of benzene rings is 1. The van der Waals surface area contributed by atoms with Crippen LogP contribution in [0.3, 0.4) is 0 Å². The van der Waals surface area contributed by atoms with E-state index in [2.05, 4.69) is 0 Å². The maximum Gasteiger partial charge on any atom is 0.250 e. The van der Waals surface area contributed by atoms with Gasteiger partial charge in [-0.2, -0.15) is 0 Å². The molecule has 0 aliphatic carbocycles. The lowest BCUT2D eigenvalue weighted by atomic mass is 9.94. The lowest BCUT2D eigenvalue weighted by Crippen LogP contribution is -2.34. The number of nitrogens with two attached hydrogens (primary N) is 1. The van der Waals surface area contributed by atoms with Crippen molar-refractivity contribution in [2.45, 2.75) is 19.1 Å². The van der Waals surface area contributed by atoms with Crippen molar-refractivity contribution in [3.63, 3.8) is 0 Å². The summed E-state index contributed by atoms with van der Waals surface area (Å²) in [5.74, 6) is -0.490. The van der Waals surface area contributed by atoms with E-state index in [-0.39, 0.29) is 29.9 Å². The van der Waals surface area contributed by atoms with Gasteiger partial charge in [-0.3, -0.25) is 14.9 Å². The molecular weight excluding hydrogens is 243 g/mol. The number of fused-ring (bicyclic) bond motifs is 1. The maximum atomic E-state index is 12.8. The van der Waals surface area contributed by atoms with Gasteiger partial charge in [0.2, 0.25) is 5.91 Å². The van der Waals surface area contributed by atoms with Crippen molar-refractivity contribution in [1.82, 2.24) is 0 Å². The second kappa shape index (κ2) is 4.59. The highest BCUT2D eigenvalue weighted by Crippen LogP contribution is 2.33. The molecule has 0 saturated heterocycles. The minimum absolute atomic E-state index is 0.0223. The summed E-state index contributed by atoms with van der Waals surface area (Å²) in [7, 11) is 0. The molecule has 1 heterocycles. The van der Waals surface area contributed by atoms with Crippen LogP contribution in [0.2, 0.25) is 0 Å². The molecule has 0 fully saturated rings. The van der Waals surface area contributed by atoms with E-state index in [1.165, 1.54) is 12.1 Å². The maximum absolute atomic E-state index is 12.8. The minimum Gasteiger partial charge on any atom is -0.486 e. The van der Waals surface area contributed by atoms with E-state index in [1.54, 1.807) is 0 Å². The van der Waals surface area contributed by atoms with Gasteiger partial charge in [-0.1, -0.05) is 6.07 Å². The number of nitrogens with zero attached hydrogens (tertiary/aromatic N) is 1. The molecule has 0 spiro atoms. The van der Waals surface area contributed by atoms with Crippen LogP contribution in [0.15, 0.2) is 12.1 Å². The fourth-order valence-corrected chi connectivity index (χ4v) is 2.00. The van der Waals surface area contributed by atoms with Crippen LogP contribution in [0.5, 0.6) is 5.75 Å².